The van der Waals surface area contributed by atoms with Crippen LogP contribution in [-0.4, -0.2) is 64.4 Å². The summed E-state index contributed by atoms with van der Waals surface area (Å²) >= 11 is 3.23. The van der Waals surface area contributed by atoms with Crippen LogP contribution >= 0.6 is 15.9 Å². The van der Waals surface area contributed by atoms with Crippen molar-refractivity contribution in [1.82, 2.24) is 14.7 Å². The Bertz CT molecular complexity index is 976. The standard InChI is InChI=1S/C17H20BrF3N5O4/c18-11-1-2-13-14(9-11)26(29)23-16(25(13)28)22-6-3-15(27)30-12-4-7-24(8-5-12)10-17(19,20)21/h1-2,9,12,28H,3-8,10H2,(H,22,23,29)/q+1. The molecule has 0 radical (unpaired) electrons. The van der Waals surface area contributed by atoms with Gasteiger partial charge in [0.2, 0.25) is 0 Å². The molecule has 1 saturated heterocycles. The molecule has 1 aromatic heterocycles. The Hall–Kier alpha value is -2.41. The number of carbonyl (C=O) groups is 1. The van der Waals surface area contributed by atoms with Gasteiger partial charge in [-0.3, -0.25) is 9.69 Å². The van der Waals surface area contributed by atoms with Crippen LogP contribution in [-0.2, 0) is 9.53 Å². The highest BCUT2D eigenvalue weighted by Gasteiger charge is 2.33. The average molecular weight is 495 g/mol. The van der Waals surface area contributed by atoms with E-state index in [1.807, 2.05) is 0 Å². The van der Waals surface area contributed by atoms with Gasteiger partial charge < -0.3 is 15.3 Å². The summed E-state index contributed by atoms with van der Waals surface area (Å²) in [6.45, 7) is -0.503. The fourth-order valence-corrected chi connectivity index (χ4v) is 3.54. The Balaban J connectivity index is 1.48. The minimum absolute atomic E-state index is 0.0430. The van der Waals surface area contributed by atoms with Crippen molar-refractivity contribution in [2.75, 3.05) is 31.5 Å². The number of aromatic nitrogens is 3. The monoisotopic (exact) mass is 494 g/mol. The van der Waals surface area contributed by atoms with E-state index in [1.165, 1.54) is 17.0 Å². The summed E-state index contributed by atoms with van der Waals surface area (Å²) in [4.78, 5) is 25.3. The summed E-state index contributed by atoms with van der Waals surface area (Å²) in [6.07, 6.45) is -4.06. The molecular formula is C17H20BrF3N5O4+. The summed E-state index contributed by atoms with van der Waals surface area (Å²) in [5.74, 6) is -0.672. The van der Waals surface area contributed by atoms with Gasteiger partial charge in [-0.05, 0) is 25.0 Å². The molecule has 13 heteroatoms. The lowest BCUT2D eigenvalue weighted by Gasteiger charge is -2.31. The van der Waals surface area contributed by atoms with Crippen molar-refractivity contribution < 1.29 is 32.5 Å². The molecule has 0 bridgehead atoms. The van der Waals surface area contributed by atoms with Crippen LogP contribution in [0.15, 0.2) is 22.7 Å². The molecule has 3 rings (SSSR count). The van der Waals surface area contributed by atoms with E-state index in [2.05, 4.69) is 26.3 Å². The fourth-order valence-electron chi connectivity index (χ4n) is 3.20. The molecule has 0 spiro atoms. The maximum absolute atomic E-state index is 12.4. The Labute approximate surface area is 177 Å². The van der Waals surface area contributed by atoms with Gasteiger partial charge in [0.1, 0.15) is 6.10 Å². The van der Waals surface area contributed by atoms with Crippen LogP contribution in [0.5, 0.6) is 0 Å². The summed E-state index contributed by atoms with van der Waals surface area (Å²) in [7, 11) is 0. The Morgan fingerprint density at radius 3 is 2.73 bits per heavy atom. The summed E-state index contributed by atoms with van der Waals surface area (Å²) in [6, 6.07) is 4.68. The topological polar surface area (TPSA) is 103 Å². The maximum atomic E-state index is 12.4. The largest absolute Gasteiger partial charge is 0.462 e. The highest BCUT2D eigenvalue weighted by molar-refractivity contribution is 9.10. The second-order valence-corrected chi connectivity index (χ2v) is 7.81. The van der Waals surface area contributed by atoms with E-state index in [1.54, 1.807) is 6.07 Å². The van der Waals surface area contributed by atoms with E-state index in [0.29, 0.717) is 26.6 Å². The number of rotatable bonds is 6. The number of anilines is 1. The maximum Gasteiger partial charge on any atom is 0.401 e. The van der Waals surface area contributed by atoms with Gasteiger partial charge in [-0.25, -0.2) is 0 Å². The van der Waals surface area contributed by atoms with Crippen molar-refractivity contribution in [3.05, 3.63) is 27.6 Å². The molecule has 30 heavy (non-hydrogen) atoms. The van der Waals surface area contributed by atoms with Crippen molar-refractivity contribution in [2.24, 2.45) is 0 Å². The lowest BCUT2D eigenvalue weighted by molar-refractivity contribution is -0.535. The van der Waals surface area contributed by atoms with E-state index >= 15 is 0 Å². The third-order valence-electron chi connectivity index (χ3n) is 4.61. The van der Waals surface area contributed by atoms with Gasteiger partial charge in [0.25, 0.3) is 0 Å². The molecule has 2 aromatic rings. The van der Waals surface area contributed by atoms with E-state index in [-0.39, 0.29) is 43.0 Å². The number of piperidine rings is 1. The van der Waals surface area contributed by atoms with Crippen LogP contribution < -0.4 is 9.86 Å². The summed E-state index contributed by atoms with van der Waals surface area (Å²) in [5.41, 5.74) is 0.368. The van der Waals surface area contributed by atoms with Gasteiger partial charge in [0, 0.05) is 30.2 Å². The normalized spacial score (nSPS) is 16.0. The molecule has 0 atom stereocenters. The lowest BCUT2D eigenvalue weighted by Crippen LogP contribution is -2.42. The first-order valence-electron chi connectivity index (χ1n) is 9.19. The van der Waals surface area contributed by atoms with Gasteiger partial charge in [0.05, 0.1) is 23.0 Å². The second kappa shape index (κ2) is 9.16. The zero-order valence-corrected chi connectivity index (χ0v) is 17.3. The van der Waals surface area contributed by atoms with Gasteiger partial charge in [-0.1, -0.05) is 15.9 Å². The summed E-state index contributed by atoms with van der Waals surface area (Å²) in [5, 5.41) is 16.6. The van der Waals surface area contributed by atoms with Gasteiger partial charge in [-0.2, -0.15) is 13.2 Å². The smallest absolute Gasteiger partial charge is 0.401 e. The minimum Gasteiger partial charge on any atom is -0.462 e. The van der Waals surface area contributed by atoms with E-state index in [9.17, 15) is 28.1 Å². The van der Waals surface area contributed by atoms with Gasteiger partial charge in [0.15, 0.2) is 10.1 Å². The first-order valence-corrected chi connectivity index (χ1v) is 9.98. The molecule has 0 saturated carbocycles. The molecule has 2 heterocycles. The van der Waals surface area contributed by atoms with Crippen LogP contribution in [0.25, 0.3) is 11.0 Å². The van der Waals surface area contributed by atoms with Crippen LogP contribution in [0, 0.1) is 4.91 Å². The van der Waals surface area contributed by atoms with Crippen LogP contribution in [0.4, 0.5) is 19.1 Å². The quantitative estimate of drug-likeness (QED) is 0.360. The zero-order chi connectivity index (χ0) is 21.9. The van der Waals surface area contributed by atoms with Crippen molar-refractivity contribution in [2.45, 2.75) is 31.5 Å². The van der Waals surface area contributed by atoms with Crippen molar-refractivity contribution >= 4 is 38.9 Å². The Morgan fingerprint density at radius 2 is 2.07 bits per heavy atom. The molecule has 2 N–H and O–H groups in total. The zero-order valence-electron chi connectivity index (χ0n) is 15.7. The summed E-state index contributed by atoms with van der Waals surface area (Å²) < 4.78 is 44.2. The number of nitrogens with zero attached hydrogens (tertiary/aromatic N) is 4. The number of likely N-dealkylation sites (tertiary alicyclic amines) is 1. The van der Waals surface area contributed by atoms with Crippen molar-refractivity contribution in [3.63, 3.8) is 0 Å². The molecule has 164 valence electrons. The molecular weight excluding hydrogens is 475 g/mol. The molecule has 0 aliphatic carbocycles. The highest BCUT2D eigenvalue weighted by Crippen LogP contribution is 2.21. The number of fused-ring (bicyclic) bond motifs is 1. The number of nitrogens with one attached hydrogen (secondary N) is 1. The number of halogens is 4. The number of ether oxygens (including phenoxy) is 1. The first-order chi connectivity index (χ1) is 14.1. The third-order valence-corrected chi connectivity index (χ3v) is 5.10. The predicted octanol–water partition coefficient (Wildman–Crippen LogP) is 2.32. The van der Waals surface area contributed by atoms with Crippen molar-refractivity contribution in [1.29, 1.82) is 0 Å². The third kappa shape index (κ3) is 5.81. The van der Waals surface area contributed by atoms with Gasteiger partial charge >= 0.3 is 23.6 Å². The lowest BCUT2D eigenvalue weighted by atomic mass is 10.1. The van der Waals surface area contributed by atoms with E-state index < -0.39 is 24.8 Å². The SMILES string of the molecule is O=C(CCNc1n[n+](=O)c2cc(Br)ccc2n1O)OC1CCN(CC(F)(F)F)CC1. The van der Waals surface area contributed by atoms with Gasteiger partial charge in [-0.15, -0.1) is 4.73 Å². The van der Waals surface area contributed by atoms with Crippen LogP contribution in [0.1, 0.15) is 19.3 Å². The van der Waals surface area contributed by atoms with Crippen LogP contribution in [0.2, 0.25) is 0 Å². The number of hydrogen-bond donors (Lipinski definition) is 2. The fraction of sp³-hybridized carbons (Fsp3) is 0.529. The van der Waals surface area contributed by atoms with E-state index in [4.69, 9.17) is 4.74 Å². The van der Waals surface area contributed by atoms with E-state index in [0.717, 1.165) is 0 Å². The van der Waals surface area contributed by atoms with Crippen LogP contribution in [0.3, 0.4) is 0 Å². The Kier molecular flexibility index (Phi) is 6.81. The second-order valence-electron chi connectivity index (χ2n) is 6.90. The Morgan fingerprint density at radius 1 is 1.37 bits per heavy atom. The number of benzene rings is 1. The number of alkyl halides is 3. The molecule has 1 aromatic carbocycles. The molecule has 1 fully saturated rings. The number of esters is 1. The van der Waals surface area contributed by atoms with Crippen molar-refractivity contribution in [3.8, 4) is 0 Å². The minimum atomic E-state index is -4.24. The number of hydrogen-bond acceptors (Lipinski definition) is 7. The molecule has 0 amide bonds. The average Bonchev–Trinajstić information content (AvgIpc) is 2.66. The first kappa shape index (κ1) is 22.3. The molecule has 9 nitrogen and oxygen atoms in total. The highest BCUT2D eigenvalue weighted by atomic mass is 79.9. The predicted molar refractivity (Wildman–Crippen MR) is 103 cm³/mol. The number of carbonyl (C=O) groups excluding carboxylic acids is 1. The molecule has 1 aliphatic rings. The molecule has 1 aliphatic heterocycles. The molecule has 0 unspecified atom stereocenters.